The van der Waals surface area contributed by atoms with Crippen molar-refractivity contribution in [1.29, 1.82) is 0 Å². The molecule has 0 spiro atoms. The van der Waals surface area contributed by atoms with Gasteiger partial charge >= 0.3 is 0 Å². The molecule has 2 N–H and O–H groups in total. The molecule has 116 valence electrons. The van der Waals surface area contributed by atoms with Gasteiger partial charge in [0.2, 0.25) is 5.91 Å². The molecule has 1 amide bonds. The quantitative estimate of drug-likeness (QED) is 0.906. The number of carbonyl (C=O) groups is 1. The van der Waals surface area contributed by atoms with Crippen molar-refractivity contribution in [3.05, 3.63) is 29.8 Å². The van der Waals surface area contributed by atoms with Gasteiger partial charge in [-0.05, 0) is 37.8 Å². The second kappa shape index (κ2) is 6.77. The van der Waals surface area contributed by atoms with Crippen LogP contribution in [0.25, 0.3) is 0 Å². The Balaban J connectivity index is 0.00000161. The Morgan fingerprint density at radius 1 is 1.29 bits per heavy atom. The molecular weight excluding hydrogens is 286 g/mol. The lowest BCUT2D eigenvalue weighted by atomic mass is 10.1. The molecule has 0 aromatic heterocycles. The zero-order valence-electron chi connectivity index (χ0n) is 12.5. The van der Waals surface area contributed by atoms with Crippen LogP contribution in [0.5, 0.6) is 0 Å². The van der Waals surface area contributed by atoms with Crippen LogP contribution in [0.3, 0.4) is 0 Å². The third kappa shape index (κ3) is 3.39. The van der Waals surface area contributed by atoms with E-state index in [1.807, 2.05) is 17.0 Å². The second-order valence-electron chi connectivity index (χ2n) is 6.06. The molecule has 0 bridgehead atoms. The minimum absolute atomic E-state index is 0. The minimum Gasteiger partial charge on any atom is -0.328 e. The van der Waals surface area contributed by atoms with Gasteiger partial charge in [0.15, 0.2) is 0 Å². The van der Waals surface area contributed by atoms with E-state index in [1.165, 1.54) is 5.56 Å². The summed E-state index contributed by atoms with van der Waals surface area (Å²) in [6, 6.07) is 8.82. The first-order chi connectivity index (χ1) is 9.65. The van der Waals surface area contributed by atoms with Crippen LogP contribution >= 0.6 is 12.4 Å². The fourth-order valence-corrected chi connectivity index (χ4v) is 3.32. The van der Waals surface area contributed by atoms with Crippen LogP contribution < -0.4 is 10.6 Å². The van der Waals surface area contributed by atoms with Gasteiger partial charge in [-0.25, -0.2) is 0 Å². The third-order valence-electron chi connectivity index (χ3n) is 4.47. The first-order valence-corrected chi connectivity index (χ1v) is 7.53. The van der Waals surface area contributed by atoms with Crippen LogP contribution in [0.1, 0.15) is 25.3 Å². The number of fused-ring (bicyclic) bond motifs is 1. The molecule has 4 nitrogen and oxygen atoms in total. The molecule has 1 atom stereocenters. The van der Waals surface area contributed by atoms with Gasteiger partial charge < -0.3 is 10.6 Å². The molecule has 0 radical (unpaired) electrons. The largest absolute Gasteiger partial charge is 0.328 e. The van der Waals surface area contributed by atoms with Crippen molar-refractivity contribution in [1.82, 2.24) is 4.90 Å². The maximum atomic E-state index is 12.6. The van der Waals surface area contributed by atoms with Crippen molar-refractivity contribution in [2.24, 2.45) is 5.73 Å². The SMILES string of the molecule is CC1Cc2ccccc2N1C(=O)CN1CCC(N)CC1.Cl. The van der Waals surface area contributed by atoms with Crippen molar-refractivity contribution >= 4 is 24.0 Å². The number of amides is 1. The van der Waals surface area contributed by atoms with Crippen LogP contribution in [0.15, 0.2) is 24.3 Å². The fraction of sp³-hybridized carbons (Fsp3) is 0.562. The van der Waals surface area contributed by atoms with Crippen LogP contribution in [0.4, 0.5) is 5.69 Å². The van der Waals surface area contributed by atoms with Crippen LogP contribution in [-0.2, 0) is 11.2 Å². The molecule has 0 saturated carbocycles. The smallest absolute Gasteiger partial charge is 0.241 e. The Kier molecular flexibility index (Phi) is 5.25. The molecular formula is C16H24ClN3O. The summed E-state index contributed by atoms with van der Waals surface area (Å²) in [4.78, 5) is 16.8. The second-order valence-corrected chi connectivity index (χ2v) is 6.06. The van der Waals surface area contributed by atoms with Gasteiger partial charge in [-0.1, -0.05) is 18.2 Å². The number of piperidine rings is 1. The molecule has 2 heterocycles. The number of para-hydroxylation sites is 1. The van der Waals surface area contributed by atoms with Gasteiger partial charge in [-0.15, -0.1) is 12.4 Å². The van der Waals surface area contributed by atoms with Gasteiger partial charge in [0.05, 0.1) is 6.54 Å². The number of hydrogen-bond acceptors (Lipinski definition) is 3. The van der Waals surface area contributed by atoms with E-state index in [2.05, 4.69) is 24.0 Å². The summed E-state index contributed by atoms with van der Waals surface area (Å²) in [5, 5.41) is 0. The maximum absolute atomic E-state index is 12.6. The number of nitrogens with zero attached hydrogens (tertiary/aromatic N) is 2. The summed E-state index contributed by atoms with van der Waals surface area (Å²) in [5.74, 6) is 0.220. The van der Waals surface area contributed by atoms with Crippen molar-refractivity contribution in [2.75, 3.05) is 24.5 Å². The monoisotopic (exact) mass is 309 g/mol. The van der Waals surface area contributed by atoms with Crippen molar-refractivity contribution < 1.29 is 4.79 Å². The number of benzene rings is 1. The van der Waals surface area contributed by atoms with E-state index in [1.54, 1.807) is 0 Å². The Bertz CT molecular complexity index is 500. The highest BCUT2D eigenvalue weighted by atomic mass is 35.5. The van der Waals surface area contributed by atoms with Gasteiger partial charge in [0.1, 0.15) is 0 Å². The average molecular weight is 310 g/mol. The number of anilines is 1. The van der Waals surface area contributed by atoms with Gasteiger partial charge in [-0.3, -0.25) is 9.69 Å². The highest BCUT2D eigenvalue weighted by Gasteiger charge is 2.31. The van der Waals surface area contributed by atoms with E-state index >= 15 is 0 Å². The van der Waals surface area contributed by atoms with Gasteiger partial charge in [0, 0.05) is 30.9 Å². The number of nitrogens with two attached hydrogens (primary N) is 1. The zero-order valence-corrected chi connectivity index (χ0v) is 13.3. The highest BCUT2D eigenvalue weighted by Crippen LogP contribution is 2.31. The Morgan fingerprint density at radius 2 is 1.95 bits per heavy atom. The molecule has 21 heavy (non-hydrogen) atoms. The summed E-state index contributed by atoms with van der Waals surface area (Å²) in [7, 11) is 0. The molecule has 3 rings (SSSR count). The van der Waals surface area contributed by atoms with Crippen LogP contribution in [0.2, 0.25) is 0 Å². The molecule has 5 heteroatoms. The van der Waals surface area contributed by atoms with Gasteiger partial charge in [0.25, 0.3) is 0 Å². The number of carbonyl (C=O) groups excluding carboxylic acids is 1. The van der Waals surface area contributed by atoms with E-state index in [4.69, 9.17) is 5.73 Å². The summed E-state index contributed by atoms with van der Waals surface area (Å²) in [6.45, 7) is 4.53. The summed E-state index contributed by atoms with van der Waals surface area (Å²) >= 11 is 0. The normalized spacial score (nSPS) is 22.8. The van der Waals surface area contributed by atoms with E-state index in [0.29, 0.717) is 12.6 Å². The lowest BCUT2D eigenvalue weighted by Crippen LogP contribution is -2.47. The molecule has 1 saturated heterocycles. The third-order valence-corrected chi connectivity index (χ3v) is 4.47. The molecule has 2 aliphatic heterocycles. The Labute approximate surface area is 132 Å². The van der Waals surface area contributed by atoms with Crippen molar-refractivity contribution in [3.8, 4) is 0 Å². The Hall–Kier alpha value is -1.10. The number of rotatable bonds is 2. The predicted octanol–water partition coefficient (Wildman–Crippen LogP) is 1.81. The number of hydrogen-bond donors (Lipinski definition) is 1. The lowest BCUT2D eigenvalue weighted by Gasteiger charge is -2.32. The molecule has 1 fully saturated rings. The highest BCUT2D eigenvalue weighted by molar-refractivity contribution is 5.97. The lowest BCUT2D eigenvalue weighted by molar-refractivity contribution is -0.120. The molecule has 1 aromatic rings. The van der Waals surface area contributed by atoms with E-state index in [-0.39, 0.29) is 24.4 Å². The standard InChI is InChI=1S/C16H23N3O.ClH/c1-12-10-13-4-2-3-5-15(13)19(12)16(20)11-18-8-6-14(17)7-9-18;/h2-5,12,14H,6-11,17H2,1H3;1H. The summed E-state index contributed by atoms with van der Waals surface area (Å²) in [6.07, 6.45) is 2.96. The van der Waals surface area contributed by atoms with Crippen molar-refractivity contribution in [3.63, 3.8) is 0 Å². The Morgan fingerprint density at radius 3 is 2.67 bits per heavy atom. The van der Waals surface area contributed by atoms with Gasteiger partial charge in [-0.2, -0.15) is 0 Å². The fourth-order valence-electron chi connectivity index (χ4n) is 3.32. The van der Waals surface area contributed by atoms with E-state index in [9.17, 15) is 4.79 Å². The molecule has 2 aliphatic rings. The first kappa shape index (κ1) is 16.3. The zero-order chi connectivity index (χ0) is 14.1. The van der Waals surface area contributed by atoms with E-state index < -0.39 is 0 Å². The average Bonchev–Trinajstić information content (AvgIpc) is 2.77. The summed E-state index contributed by atoms with van der Waals surface area (Å²) < 4.78 is 0. The van der Waals surface area contributed by atoms with E-state index in [0.717, 1.165) is 38.0 Å². The number of halogens is 1. The maximum Gasteiger partial charge on any atom is 0.241 e. The predicted molar refractivity (Wildman–Crippen MR) is 88.0 cm³/mol. The van der Waals surface area contributed by atoms with Crippen LogP contribution in [0, 0.1) is 0 Å². The minimum atomic E-state index is 0. The number of likely N-dealkylation sites (tertiary alicyclic amines) is 1. The first-order valence-electron chi connectivity index (χ1n) is 7.53. The molecule has 1 unspecified atom stereocenters. The van der Waals surface area contributed by atoms with Crippen molar-refractivity contribution in [2.45, 2.75) is 38.3 Å². The molecule has 1 aromatic carbocycles. The van der Waals surface area contributed by atoms with Crippen LogP contribution in [-0.4, -0.2) is 42.5 Å². The topological polar surface area (TPSA) is 49.6 Å². The molecule has 0 aliphatic carbocycles. The summed E-state index contributed by atoms with van der Waals surface area (Å²) in [5.41, 5.74) is 8.30.